The van der Waals surface area contributed by atoms with E-state index in [1.807, 2.05) is 0 Å². The van der Waals surface area contributed by atoms with Gasteiger partial charge in [-0.1, -0.05) is 46.1 Å². The first kappa shape index (κ1) is 25.6. The summed E-state index contributed by atoms with van der Waals surface area (Å²) >= 11 is 19.3. The van der Waals surface area contributed by atoms with E-state index in [0.717, 1.165) is 11.3 Å². The van der Waals surface area contributed by atoms with Crippen molar-refractivity contribution in [2.24, 2.45) is 0 Å². The second-order valence-electron chi connectivity index (χ2n) is 7.69. The number of carbonyl (C=O) groups excluding carboxylic acids is 2. The van der Waals surface area contributed by atoms with Crippen LogP contribution in [0.5, 0.6) is 5.75 Å². The SMILES string of the molecule is O=C(Nc1ccc(-n2cncn2)c(Cl)c1)c1ccc(C(=O)Nc2nnc(-c3cc(Cl)cc(Cl)c3O)s2)cc1. The molecule has 0 unspecified atom stereocenters. The summed E-state index contributed by atoms with van der Waals surface area (Å²) in [6, 6.07) is 14.0. The van der Waals surface area contributed by atoms with Crippen LogP contribution >= 0.6 is 46.1 Å². The molecule has 0 aliphatic heterocycles. The number of halogens is 3. The van der Waals surface area contributed by atoms with Crippen molar-refractivity contribution in [3.63, 3.8) is 0 Å². The molecule has 3 N–H and O–H groups in total. The van der Waals surface area contributed by atoms with Gasteiger partial charge in [0.25, 0.3) is 11.8 Å². The number of aromatic nitrogens is 5. The quantitative estimate of drug-likeness (QED) is 0.224. The number of phenolic OH excluding ortho intramolecular Hbond substituents is 1. The maximum absolute atomic E-state index is 12.7. The Bertz CT molecular complexity index is 1660. The first-order chi connectivity index (χ1) is 18.3. The van der Waals surface area contributed by atoms with Crippen LogP contribution in [0.4, 0.5) is 10.8 Å². The van der Waals surface area contributed by atoms with Gasteiger partial charge in [-0.2, -0.15) is 5.10 Å². The lowest BCUT2D eigenvalue weighted by atomic mass is 10.1. The predicted octanol–water partition coefficient (Wildman–Crippen LogP) is 5.96. The molecule has 38 heavy (non-hydrogen) atoms. The Morgan fingerprint density at radius 1 is 0.868 bits per heavy atom. The normalized spacial score (nSPS) is 10.8. The second-order valence-corrected chi connectivity index (χ2v) is 9.92. The van der Waals surface area contributed by atoms with E-state index in [1.54, 1.807) is 18.2 Å². The molecule has 2 amide bonds. The molecule has 0 fully saturated rings. The number of aromatic hydroxyl groups is 1. The summed E-state index contributed by atoms with van der Waals surface area (Å²) in [5.41, 5.74) is 2.04. The standard InChI is InChI=1S/C24H14Cl3N7O3S/c25-14-7-16(20(35)18(27)8-14)23-32-33-24(38-23)31-22(37)13-3-1-12(2-4-13)21(36)30-15-5-6-19(17(26)9-15)34-11-28-10-29-34/h1-11,35H,(H,30,36)(H,31,33,37). The molecule has 0 aliphatic carbocycles. The van der Waals surface area contributed by atoms with Crippen LogP contribution in [0.3, 0.4) is 0 Å². The van der Waals surface area contributed by atoms with Crippen LogP contribution in [0.25, 0.3) is 16.3 Å². The number of nitrogens with zero attached hydrogens (tertiary/aromatic N) is 5. The van der Waals surface area contributed by atoms with Gasteiger partial charge in [0.1, 0.15) is 18.4 Å². The van der Waals surface area contributed by atoms with E-state index in [2.05, 4.69) is 30.9 Å². The third-order valence-electron chi connectivity index (χ3n) is 5.18. The first-order valence-corrected chi connectivity index (χ1v) is 12.6. The minimum Gasteiger partial charge on any atom is -0.506 e. The van der Waals surface area contributed by atoms with Crippen molar-refractivity contribution in [1.29, 1.82) is 0 Å². The van der Waals surface area contributed by atoms with Crippen LogP contribution in [0.1, 0.15) is 20.7 Å². The van der Waals surface area contributed by atoms with Crippen molar-refractivity contribution in [1.82, 2.24) is 25.0 Å². The first-order valence-electron chi connectivity index (χ1n) is 10.7. The number of hydrogen-bond donors (Lipinski definition) is 3. The van der Waals surface area contributed by atoms with Gasteiger partial charge >= 0.3 is 0 Å². The largest absolute Gasteiger partial charge is 0.506 e. The molecule has 0 saturated carbocycles. The zero-order valence-corrected chi connectivity index (χ0v) is 22.0. The van der Waals surface area contributed by atoms with Crippen molar-refractivity contribution >= 4 is 68.8 Å². The molecular weight excluding hydrogens is 573 g/mol. The van der Waals surface area contributed by atoms with Gasteiger partial charge in [-0.25, -0.2) is 9.67 Å². The molecule has 5 rings (SSSR count). The molecule has 0 bridgehead atoms. The average molecular weight is 587 g/mol. The molecule has 10 nitrogen and oxygen atoms in total. The molecule has 0 spiro atoms. The number of nitrogens with one attached hydrogen (secondary N) is 2. The highest BCUT2D eigenvalue weighted by Gasteiger charge is 2.17. The summed E-state index contributed by atoms with van der Waals surface area (Å²) in [4.78, 5) is 29.3. The van der Waals surface area contributed by atoms with Crippen LogP contribution in [-0.2, 0) is 0 Å². The fraction of sp³-hybridized carbons (Fsp3) is 0. The van der Waals surface area contributed by atoms with Gasteiger partial charge in [0.15, 0.2) is 5.01 Å². The van der Waals surface area contributed by atoms with Crippen LogP contribution in [0.15, 0.2) is 67.3 Å². The number of benzene rings is 3. The van der Waals surface area contributed by atoms with Gasteiger partial charge in [-0.15, -0.1) is 10.2 Å². The van der Waals surface area contributed by atoms with Crippen LogP contribution in [-0.4, -0.2) is 41.9 Å². The minimum absolute atomic E-state index is 0.0734. The second kappa shape index (κ2) is 10.8. The lowest BCUT2D eigenvalue weighted by Gasteiger charge is -2.09. The Morgan fingerprint density at radius 3 is 2.24 bits per heavy atom. The maximum atomic E-state index is 12.7. The van der Waals surface area contributed by atoms with Crippen molar-refractivity contribution in [2.75, 3.05) is 10.6 Å². The zero-order chi connectivity index (χ0) is 26.8. The average Bonchev–Trinajstić information content (AvgIpc) is 3.59. The van der Waals surface area contributed by atoms with Gasteiger partial charge in [0.05, 0.1) is 21.3 Å². The zero-order valence-electron chi connectivity index (χ0n) is 18.9. The highest BCUT2D eigenvalue weighted by atomic mass is 35.5. The van der Waals surface area contributed by atoms with Crippen molar-refractivity contribution < 1.29 is 14.7 Å². The van der Waals surface area contributed by atoms with Crippen molar-refractivity contribution in [3.05, 3.63) is 93.4 Å². The summed E-state index contributed by atoms with van der Waals surface area (Å²) in [7, 11) is 0. The molecule has 0 saturated heterocycles. The summed E-state index contributed by atoms with van der Waals surface area (Å²) in [5, 5.41) is 28.9. The molecular formula is C24H14Cl3N7O3S. The fourth-order valence-electron chi connectivity index (χ4n) is 3.36. The summed E-state index contributed by atoms with van der Waals surface area (Å²) in [6.45, 7) is 0. The van der Waals surface area contributed by atoms with Crippen molar-refractivity contribution in [3.8, 4) is 22.0 Å². The number of phenols is 1. The summed E-state index contributed by atoms with van der Waals surface area (Å²) in [6.07, 6.45) is 2.91. The van der Waals surface area contributed by atoms with E-state index in [9.17, 15) is 14.7 Å². The van der Waals surface area contributed by atoms with Crippen LogP contribution in [0, 0.1) is 0 Å². The number of anilines is 2. The smallest absolute Gasteiger partial charge is 0.257 e. The van der Waals surface area contributed by atoms with Gasteiger partial charge in [0, 0.05) is 21.8 Å². The number of hydrogen-bond acceptors (Lipinski definition) is 8. The third kappa shape index (κ3) is 5.46. The van der Waals surface area contributed by atoms with E-state index in [4.69, 9.17) is 34.8 Å². The third-order valence-corrected chi connectivity index (χ3v) is 6.87. The lowest BCUT2D eigenvalue weighted by Crippen LogP contribution is -2.14. The number of rotatable bonds is 6. The summed E-state index contributed by atoms with van der Waals surface area (Å²) < 4.78 is 1.51. The monoisotopic (exact) mass is 585 g/mol. The Hall–Kier alpha value is -4.03. The predicted molar refractivity (Wildman–Crippen MR) is 146 cm³/mol. The van der Waals surface area contributed by atoms with Crippen LogP contribution in [0.2, 0.25) is 15.1 Å². The molecule has 190 valence electrons. The van der Waals surface area contributed by atoms with E-state index in [0.29, 0.717) is 43.1 Å². The van der Waals surface area contributed by atoms with Gasteiger partial charge in [-0.05, 0) is 54.6 Å². The van der Waals surface area contributed by atoms with Gasteiger partial charge < -0.3 is 10.4 Å². The van der Waals surface area contributed by atoms with E-state index in [1.165, 1.54) is 53.7 Å². The van der Waals surface area contributed by atoms with Crippen molar-refractivity contribution in [2.45, 2.75) is 0 Å². The topological polar surface area (TPSA) is 135 Å². The van der Waals surface area contributed by atoms with Gasteiger partial charge in [-0.3, -0.25) is 14.9 Å². The Labute approximate surface area is 233 Å². The molecule has 2 heterocycles. The molecule has 3 aromatic carbocycles. The highest BCUT2D eigenvalue weighted by molar-refractivity contribution is 7.18. The van der Waals surface area contributed by atoms with Gasteiger partial charge in [0.2, 0.25) is 5.13 Å². The molecule has 2 aromatic heterocycles. The Kier molecular flexibility index (Phi) is 7.25. The maximum Gasteiger partial charge on any atom is 0.257 e. The molecule has 5 aromatic rings. The van der Waals surface area contributed by atoms with Crippen LogP contribution < -0.4 is 10.6 Å². The fourth-order valence-corrected chi connectivity index (χ4v) is 4.88. The van der Waals surface area contributed by atoms with E-state index >= 15 is 0 Å². The minimum atomic E-state index is -0.455. The molecule has 14 heteroatoms. The van der Waals surface area contributed by atoms with E-state index < -0.39 is 5.91 Å². The molecule has 0 aliphatic rings. The lowest BCUT2D eigenvalue weighted by molar-refractivity contribution is 0.101. The van der Waals surface area contributed by atoms with E-state index in [-0.39, 0.29) is 21.8 Å². The number of amides is 2. The molecule has 0 radical (unpaired) electrons. The number of carbonyl (C=O) groups is 2. The molecule has 0 atom stereocenters. The summed E-state index contributed by atoms with van der Waals surface area (Å²) in [5.74, 6) is -1.02. The Balaban J connectivity index is 1.24. The Morgan fingerprint density at radius 2 is 1.58 bits per heavy atom. The highest BCUT2D eigenvalue weighted by Crippen LogP contribution is 2.39.